The van der Waals surface area contributed by atoms with E-state index in [1.54, 1.807) is 41.5 Å². The highest BCUT2D eigenvalue weighted by molar-refractivity contribution is 7.81. The summed E-state index contributed by atoms with van der Waals surface area (Å²) in [6, 6.07) is -2.26. The molecule has 35 heavy (non-hydrogen) atoms. The largest absolute Gasteiger partial charge is 0.444 e. The first-order valence-corrected chi connectivity index (χ1v) is 12.1. The number of β-lactam (4-membered cyclic amide) rings is 2. The molecule has 2 saturated heterocycles. The number of rotatable bonds is 6. The lowest BCUT2D eigenvalue weighted by molar-refractivity contribution is -0.238. The summed E-state index contributed by atoms with van der Waals surface area (Å²) in [5.41, 5.74) is -4.19. The van der Waals surface area contributed by atoms with Crippen LogP contribution in [0.25, 0.3) is 0 Å². The van der Waals surface area contributed by atoms with Gasteiger partial charge in [0.2, 0.25) is 0 Å². The molecule has 2 rings (SSSR count). The Labute approximate surface area is 204 Å². The SMILES string of the molecule is CC(C)(C)OC(=O)NC1C(=O)N(OS(=O)(=O)ON2C(=O)C(NC(=O)OC(C)(C)C)C2(C)C)C1(C)C. The van der Waals surface area contributed by atoms with Gasteiger partial charge in [-0.2, -0.15) is 18.5 Å². The Morgan fingerprint density at radius 2 is 1.03 bits per heavy atom. The summed E-state index contributed by atoms with van der Waals surface area (Å²) >= 11 is 0. The summed E-state index contributed by atoms with van der Waals surface area (Å²) < 4.78 is 44.7. The minimum atomic E-state index is -4.95. The standard InChI is InChI=1S/C20H34N4O10S/c1-17(2,3)31-15(27)21-11-13(25)23(19(11,7)8)33-35(29,30)34-24-14(26)12(20(24,9)10)22-16(28)32-18(4,5)6/h11-12H,1-10H3,(H,21,27)(H,22,28). The van der Waals surface area contributed by atoms with E-state index in [9.17, 15) is 27.6 Å². The third kappa shape index (κ3) is 6.32. The minimum absolute atomic E-state index is 0.512. The van der Waals surface area contributed by atoms with Crippen molar-refractivity contribution in [3.8, 4) is 0 Å². The maximum Gasteiger partial charge on any atom is 0.442 e. The van der Waals surface area contributed by atoms with E-state index in [4.69, 9.17) is 18.0 Å². The zero-order valence-corrected chi connectivity index (χ0v) is 22.4. The topological polar surface area (TPSA) is 170 Å². The number of amides is 4. The number of nitrogens with zero attached hydrogens (tertiary/aromatic N) is 2. The van der Waals surface area contributed by atoms with Crippen LogP contribution in [-0.2, 0) is 38.0 Å². The quantitative estimate of drug-likeness (QED) is 0.482. The Morgan fingerprint density at radius 1 is 0.743 bits per heavy atom. The van der Waals surface area contributed by atoms with Gasteiger partial charge in [0.05, 0.1) is 11.1 Å². The van der Waals surface area contributed by atoms with Gasteiger partial charge < -0.3 is 20.1 Å². The first-order chi connectivity index (χ1) is 15.5. The Kier molecular flexibility index (Phi) is 7.17. The molecular formula is C20H34N4O10S. The number of nitrogens with one attached hydrogen (secondary N) is 2. The highest BCUT2D eigenvalue weighted by Gasteiger charge is 2.61. The van der Waals surface area contributed by atoms with Gasteiger partial charge in [-0.15, -0.1) is 8.57 Å². The van der Waals surface area contributed by atoms with Crippen molar-refractivity contribution in [3.63, 3.8) is 0 Å². The molecule has 0 bridgehead atoms. The molecule has 2 unspecified atom stereocenters. The summed E-state index contributed by atoms with van der Waals surface area (Å²) in [7, 11) is -4.95. The van der Waals surface area contributed by atoms with Crippen LogP contribution in [0, 0.1) is 0 Å². The van der Waals surface area contributed by atoms with E-state index in [1.807, 2.05) is 0 Å². The normalized spacial score (nSPS) is 23.7. The zero-order valence-electron chi connectivity index (χ0n) is 21.5. The van der Waals surface area contributed by atoms with Crippen molar-refractivity contribution >= 4 is 34.4 Å². The van der Waals surface area contributed by atoms with Crippen molar-refractivity contribution in [1.29, 1.82) is 0 Å². The molecule has 0 aromatic carbocycles. The third-order valence-electron chi connectivity index (χ3n) is 5.01. The molecule has 2 atom stereocenters. The van der Waals surface area contributed by atoms with Gasteiger partial charge in [0.1, 0.15) is 23.3 Å². The van der Waals surface area contributed by atoms with E-state index in [0.29, 0.717) is 10.1 Å². The monoisotopic (exact) mass is 522 g/mol. The number of hydroxylamine groups is 4. The molecule has 4 amide bonds. The van der Waals surface area contributed by atoms with Crippen molar-refractivity contribution in [1.82, 2.24) is 20.8 Å². The maximum absolute atomic E-state index is 12.5. The number of alkyl carbamates (subject to hydrolysis) is 2. The van der Waals surface area contributed by atoms with E-state index in [0.717, 1.165) is 0 Å². The van der Waals surface area contributed by atoms with Crippen LogP contribution < -0.4 is 10.6 Å². The molecule has 14 nitrogen and oxygen atoms in total. The van der Waals surface area contributed by atoms with Crippen LogP contribution in [0.15, 0.2) is 0 Å². The average Bonchev–Trinajstić information content (AvgIpc) is 2.63. The van der Waals surface area contributed by atoms with E-state index in [1.165, 1.54) is 27.7 Å². The van der Waals surface area contributed by atoms with Gasteiger partial charge in [-0.25, -0.2) is 9.59 Å². The molecule has 2 aliphatic rings. The Balaban J connectivity index is 2.01. The molecule has 2 heterocycles. The van der Waals surface area contributed by atoms with E-state index >= 15 is 0 Å². The van der Waals surface area contributed by atoms with Gasteiger partial charge in [-0.1, -0.05) is 0 Å². The molecule has 0 saturated carbocycles. The predicted octanol–water partition coefficient (Wildman–Crippen LogP) is 1.12. The van der Waals surface area contributed by atoms with Crippen LogP contribution in [0.4, 0.5) is 9.59 Å². The Morgan fingerprint density at radius 3 is 1.26 bits per heavy atom. The second kappa shape index (κ2) is 8.78. The van der Waals surface area contributed by atoms with E-state index < -0.39 is 68.8 Å². The van der Waals surface area contributed by atoms with Crippen molar-refractivity contribution in [3.05, 3.63) is 0 Å². The van der Waals surface area contributed by atoms with Crippen LogP contribution >= 0.6 is 0 Å². The molecule has 2 aliphatic heterocycles. The number of hydrogen-bond acceptors (Lipinski definition) is 10. The van der Waals surface area contributed by atoms with Gasteiger partial charge in [0.15, 0.2) is 0 Å². The molecule has 200 valence electrons. The van der Waals surface area contributed by atoms with Crippen LogP contribution in [0.3, 0.4) is 0 Å². The average molecular weight is 523 g/mol. The van der Waals surface area contributed by atoms with Crippen LogP contribution in [-0.4, -0.2) is 76.9 Å². The van der Waals surface area contributed by atoms with Crippen LogP contribution in [0.5, 0.6) is 0 Å². The number of carbonyl (C=O) groups excluding carboxylic acids is 4. The lowest BCUT2D eigenvalue weighted by Crippen LogP contribution is -2.78. The lowest BCUT2D eigenvalue weighted by atomic mass is 9.85. The summed E-state index contributed by atoms with van der Waals surface area (Å²) in [5.74, 6) is -1.74. The third-order valence-corrected chi connectivity index (χ3v) is 5.67. The number of ether oxygens (including phenoxy) is 2. The molecule has 0 aromatic rings. The smallest absolute Gasteiger partial charge is 0.442 e. The summed E-state index contributed by atoms with van der Waals surface area (Å²) in [4.78, 5) is 48.9. The van der Waals surface area contributed by atoms with Crippen molar-refractivity contribution < 1.29 is 45.6 Å². The van der Waals surface area contributed by atoms with Gasteiger partial charge in [0, 0.05) is 0 Å². The summed E-state index contributed by atoms with van der Waals surface area (Å²) in [6.07, 6.45) is -1.72. The Bertz CT molecular complexity index is 936. The molecule has 15 heteroatoms. The Hall–Kier alpha value is -2.65. The van der Waals surface area contributed by atoms with Crippen molar-refractivity contribution in [2.24, 2.45) is 0 Å². The second-order valence-corrected chi connectivity index (χ2v) is 12.4. The number of carbonyl (C=O) groups is 4. The van der Waals surface area contributed by atoms with Crippen molar-refractivity contribution in [2.75, 3.05) is 0 Å². The molecule has 0 radical (unpaired) electrons. The van der Waals surface area contributed by atoms with Gasteiger partial charge in [-0.3, -0.25) is 9.59 Å². The van der Waals surface area contributed by atoms with Crippen LogP contribution in [0.1, 0.15) is 69.2 Å². The lowest BCUT2D eigenvalue weighted by Gasteiger charge is -2.52. The van der Waals surface area contributed by atoms with E-state index in [2.05, 4.69) is 10.6 Å². The molecule has 0 aliphatic carbocycles. The van der Waals surface area contributed by atoms with E-state index in [-0.39, 0.29) is 0 Å². The fourth-order valence-electron chi connectivity index (χ4n) is 3.30. The number of hydrogen-bond donors (Lipinski definition) is 2. The van der Waals surface area contributed by atoms with Gasteiger partial charge in [-0.05, 0) is 69.2 Å². The predicted molar refractivity (Wildman–Crippen MR) is 119 cm³/mol. The summed E-state index contributed by atoms with van der Waals surface area (Å²) in [6.45, 7) is 15.7. The highest BCUT2D eigenvalue weighted by Crippen LogP contribution is 2.36. The first kappa shape index (κ1) is 28.6. The first-order valence-electron chi connectivity index (χ1n) is 10.8. The minimum Gasteiger partial charge on any atom is -0.444 e. The highest BCUT2D eigenvalue weighted by atomic mass is 32.3. The fraction of sp³-hybridized carbons (Fsp3) is 0.800. The fourth-order valence-corrected chi connectivity index (χ4v) is 4.22. The van der Waals surface area contributed by atoms with Gasteiger partial charge in [0.25, 0.3) is 11.8 Å². The zero-order chi connectivity index (χ0) is 27.4. The van der Waals surface area contributed by atoms with Crippen molar-refractivity contribution in [2.45, 2.75) is 104 Å². The van der Waals surface area contributed by atoms with Gasteiger partial charge >= 0.3 is 22.6 Å². The molecule has 2 fully saturated rings. The molecular weight excluding hydrogens is 488 g/mol. The molecule has 2 N–H and O–H groups in total. The second-order valence-electron chi connectivity index (χ2n) is 11.3. The molecule has 0 aromatic heterocycles. The maximum atomic E-state index is 12.5. The van der Waals surface area contributed by atoms with Crippen LogP contribution in [0.2, 0.25) is 0 Å². The summed E-state index contributed by atoms with van der Waals surface area (Å²) in [5, 5.41) is 5.76. The molecule has 0 spiro atoms.